The lowest BCUT2D eigenvalue weighted by Crippen LogP contribution is -2.28. The number of aromatic nitrogens is 3. The van der Waals surface area contributed by atoms with Gasteiger partial charge in [0.05, 0.1) is 5.69 Å². The number of halogens is 1. The van der Waals surface area contributed by atoms with Crippen LogP contribution in [-0.2, 0) is 19.4 Å². The highest BCUT2D eigenvalue weighted by Gasteiger charge is 2.18. The molecule has 0 aliphatic carbocycles. The van der Waals surface area contributed by atoms with Crippen molar-refractivity contribution in [2.75, 3.05) is 0 Å². The van der Waals surface area contributed by atoms with Crippen molar-refractivity contribution in [1.29, 1.82) is 0 Å². The maximum absolute atomic E-state index is 13.2. The van der Waals surface area contributed by atoms with Gasteiger partial charge in [-0.2, -0.15) is 5.10 Å². The van der Waals surface area contributed by atoms with Gasteiger partial charge in [0.1, 0.15) is 30.2 Å². The summed E-state index contributed by atoms with van der Waals surface area (Å²) in [6.07, 6.45) is 2.64. The number of hydrogen-bond donors (Lipinski definition) is 0. The molecule has 0 fully saturated rings. The van der Waals surface area contributed by atoms with Crippen molar-refractivity contribution in [2.24, 2.45) is 0 Å². The van der Waals surface area contributed by atoms with Gasteiger partial charge < -0.3 is 4.74 Å². The molecule has 0 N–H and O–H groups in total. The van der Waals surface area contributed by atoms with Gasteiger partial charge in [-0.05, 0) is 47.9 Å². The van der Waals surface area contributed by atoms with E-state index < -0.39 is 0 Å². The van der Waals surface area contributed by atoms with Crippen LogP contribution in [0.4, 0.5) is 4.39 Å². The van der Waals surface area contributed by atoms with E-state index in [-0.39, 0.29) is 11.4 Å². The molecule has 0 saturated carbocycles. The molecule has 0 radical (unpaired) electrons. The molecule has 2 heterocycles. The number of nitrogens with zero attached hydrogens (tertiary/aromatic N) is 3. The molecule has 6 heteroatoms. The predicted molar refractivity (Wildman–Crippen MR) is 85.8 cm³/mol. The normalized spacial score (nSPS) is 12.4. The molecule has 1 aliphatic heterocycles. The van der Waals surface area contributed by atoms with Gasteiger partial charge in [-0.3, -0.25) is 9.36 Å². The average molecular weight is 323 g/mol. The standard InChI is InChI=1S/C18H14FN3O2/c19-14-3-1-2-12(8-14)11-24-15-5-6-16-13(9-15)4-7-17-21-20-10-18(23)22(16)17/h1-3,5-6,8-10H,4,7,11H2. The van der Waals surface area contributed by atoms with Crippen LogP contribution in [0.2, 0.25) is 0 Å². The van der Waals surface area contributed by atoms with Crippen molar-refractivity contribution in [3.63, 3.8) is 0 Å². The minimum absolute atomic E-state index is 0.186. The molecular weight excluding hydrogens is 309 g/mol. The SMILES string of the molecule is O=c1cnnc2n1-c1ccc(OCc3cccc(F)c3)cc1CC2. The summed E-state index contributed by atoms with van der Waals surface area (Å²) < 4.78 is 20.5. The van der Waals surface area contributed by atoms with Crippen LogP contribution >= 0.6 is 0 Å². The number of fused-ring (bicyclic) bond motifs is 3. The van der Waals surface area contributed by atoms with Gasteiger partial charge in [-0.15, -0.1) is 5.10 Å². The molecule has 0 spiro atoms. The minimum atomic E-state index is -0.279. The molecular formula is C18H14FN3O2. The van der Waals surface area contributed by atoms with Crippen molar-refractivity contribution < 1.29 is 9.13 Å². The molecule has 120 valence electrons. The molecule has 1 aromatic heterocycles. The average Bonchev–Trinajstić information content (AvgIpc) is 2.60. The minimum Gasteiger partial charge on any atom is -0.489 e. The maximum atomic E-state index is 13.2. The van der Waals surface area contributed by atoms with E-state index in [0.717, 1.165) is 23.2 Å². The first-order valence-electron chi connectivity index (χ1n) is 7.65. The lowest BCUT2D eigenvalue weighted by Gasteiger charge is -2.20. The highest BCUT2D eigenvalue weighted by atomic mass is 19.1. The third-order valence-electron chi connectivity index (χ3n) is 4.02. The van der Waals surface area contributed by atoms with Crippen LogP contribution in [0, 0.1) is 5.82 Å². The van der Waals surface area contributed by atoms with Crippen molar-refractivity contribution in [3.8, 4) is 11.4 Å². The highest BCUT2D eigenvalue weighted by molar-refractivity contribution is 5.48. The molecule has 4 rings (SSSR count). The second kappa shape index (κ2) is 5.88. The van der Waals surface area contributed by atoms with Crippen molar-refractivity contribution in [1.82, 2.24) is 14.8 Å². The zero-order valence-corrected chi connectivity index (χ0v) is 12.8. The molecule has 0 saturated heterocycles. The smallest absolute Gasteiger partial charge is 0.276 e. The predicted octanol–water partition coefficient (Wildman–Crippen LogP) is 2.44. The van der Waals surface area contributed by atoms with Gasteiger partial charge in [0.25, 0.3) is 5.56 Å². The van der Waals surface area contributed by atoms with Crippen molar-refractivity contribution >= 4 is 0 Å². The Balaban J connectivity index is 1.61. The maximum Gasteiger partial charge on any atom is 0.276 e. The van der Waals surface area contributed by atoms with Gasteiger partial charge in [0.2, 0.25) is 0 Å². The van der Waals surface area contributed by atoms with E-state index in [4.69, 9.17) is 4.74 Å². The van der Waals surface area contributed by atoms with Crippen LogP contribution in [0.1, 0.15) is 17.0 Å². The number of hydrogen-bond acceptors (Lipinski definition) is 4. The topological polar surface area (TPSA) is 57.0 Å². The van der Waals surface area contributed by atoms with Gasteiger partial charge in [-0.1, -0.05) is 12.1 Å². The van der Waals surface area contributed by atoms with Gasteiger partial charge in [0.15, 0.2) is 0 Å². The van der Waals surface area contributed by atoms with E-state index in [1.165, 1.54) is 18.3 Å². The fraction of sp³-hybridized carbons (Fsp3) is 0.167. The van der Waals surface area contributed by atoms with Gasteiger partial charge >= 0.3 is 0 Å². The Morgan fingerprint density at radius 3 is 2.96 bits per heavy atom. The van der Waals surface area contributed by atoms with Crippen LogP contribution in [0.25, 0.3) is 5.69 Å². The Morgan fingerprint density at radius 1 is 1.17 bits per heavy atom. The van der Waals surface area contributed by atoms with Crippen LogP contribution < -0.4 is 10.3 Å². The summed E-state index contributed by atoms with van der Waals surface area (Å²) in [6.45, 7) is 0.290. The first-order valence-corrected chi connectivity index (χ1v) is 7.65. The van der Waals surface area contributed by atoms with E-state index in [1.807, 2.05) is 18.2 Å². The zero-order chi connectivity index (χ0) is 16.5. The fourth-order valence-electron chi connectivity index (χ4n) is 2.90. The van der Waals surface area contributed by atoms with E-state index in [2.05, 4.69) is 10.2 Å². The number of aryl methyl sites for hydroxylation is 2. The lowest BCUT2D eigenvalue weighted by atomic mass is 10.0. The van der Waals surface area contributed by atoms with Gasteiger partial charge in [-0.25, -0.2) is 4.39 Å². The third kappa shape index (κ3) is 2.67. The van der Waals surface area contributed by atoms with Crippen LogP contribution in [0.5, 0.6) is 5.75 Å². The number of rotatable bonds is 3. The third-order valence-corrected chi connectivity index (χ3v) is 4.02. The Hall–Kier alpha value is -3.02. The summed E-state index contributed by atoms with van der Waals surface area (Å²) in [6, 6.07) is 11.9. The van der Waals surface area contributed by atoms with Crippen LogP contribution in [0.15, 0.2) is 53.5 Å². The van der Waals surface area contributed by atoms with Crippen LogP contribution in [0.3, 0.4) is 0 Å². The monoisotopic (exact) mass is 323 g/mol. The molecule has 5 nitrogen and oxygen atoms in total. The van der Waals surface area contributed by atoms with Crippen LogP contribution in [-0.4, -0.2) is 14.8 Å². The van der Waals surface area contributed by atoms with Crippen molar-refractivity contribution in [2.45, 2.75) is 19.4 Å². The Labute approximate surface area is 137 Å². The summed E-state index contributed by atoms with van der Waals surface area (Å²) >= 11 is 0. The second-order valence-electron chi connectivity index (χ2n) is 5.64. The zero-order valence-electron chi connectivity index (χ0n) is 12.8. The fourth-order valence-corrected chi connectivity index (χ4v) is 2.90. The van der Waals surface area contributed by atoms with E-state index in [9.17, 15) is 9.18 Å². The van der Waals surface area contributed by atoms with E-state index >= 15 is 0 Å². The van der Waals surface area contributed by atoms with Crippen molar-refractivity contribution in [3.05, 3.63) is 81.8 Å². The number of ether oxygens (including phenoxy) is 1. The second-order valence-corrected chi connectivity index (χ2v) is 5.64. The summed E-state index contributed by atoms with van der Waals surface area (Å²) in [5, 5.41) is 7.75. The quantitative estimate of drug-likeness (QED) is 0.743. The first-order chi connectivity index (χ1) is 11.7. The molecule has 3 aromatic rings. The molecule has 2 aromatic carbocycles. The van der Waals surface area contributed by atoms with E-state index in [1.54, 1.807) is 16.7 Å². The lowest BCUT2D eigenvalue weighted by molar-refractivity contribution is 0.305. The van der Waals surface area contributed by atoms with E-state index in [0.29, 0.717) is 24.6 Å². The molecule has 1 aliphatic rings. The Bertz CT molecular complexity index is 968. The molecule has 0 unspecified atom stereocenters. The summed E-state index contributed by atoms with van der Waals surface area (Å²) in [7, 11) is 0. The summed E-state index contributed by atoms with van der Waals surface area (Å²) in [5.74, 6) is 1.08. The molecule has 0 bridgehead atoms. The molecule has 0 amide bonds. The summed E-state index contributed by atoms with van der Waals surface area (Å²) in [5.41, 5.74) is 2.42. The molecule has 24 heavy (non-hydrogen) atoms. The highest BCUT2D eigenvalue weighted by Crippen LogP contribution is 2.26. The first kappa shape index (κ1) is 14.6. The van der Waals surface area contributed by atoms with Gasteiger partial charge in [0, 0.05) is 6.42 Å². The Morgan fingerprint density at radius 2 is 2.08 bits per heavy atom. The summed E-state index contributed by atoms with van der Waals surface area (Å²) in [4.78, 5) is 12.0. The Kier molecular flexibility index (Phi) is 3.57. The molecule has 0 atom stereocenters. The number of benzene rings is 2. The largest absolute Gasteiger partial charge is 0.489 e.